The summed E-state index contributed by atoms with van der Waals surface area (Å²) in [4.78, 5) is 17.2. The molecule has 1 aromatic rings. The highest BCUT2D eigenvalue weighted by Crippen LogP contribution is 2.36. The Labute approximate surface area is 151 Å². The van der Waals surface area contributed by atoms with E-state index in [1.54, 1.807) is 12.3 Å². The number of nitrogens with zero attached hydrogens (tertiary/aromatic N) is 1. The summed E-state index contributed by atoms with van der Waals surface area (Å²) in [7, 11) is 0. The lowest BCUT2D eigenvalue weighted by Crippen LogP contribution is -2.48. The topological polar surface area (TPSA) is 60.5 Å². The average Bonchev–Trinajstić information content (AvgIpc) is 2.61. The number of nitrogens with one attached hydrogen (secondary N) is 1. The number of anilines is 1. The Morgan fingerprint density at radius 2 is 2.16 bits per heavy atom. The molecule has 1 amide bonds. The zero-order valence-corrected chi connectivity index (χ0v) is 15.8. The van der Waals surface area contributed by atoms with Gasteiger partial charge in [-0.1, -0.05) is 33.6 Å². The molecule has 2 unspecified atom stereocenters. The van der Waals surface area contributed by atoms with Crippen molar-refractivity contribution in [3.05, 3.63) is 18.3 Å². The average molecular weight is 348 g/mol. The molecule has 1 heterocycles. The second kappa shape index (κ2) is 9.76. The van der Waals surface area contributed by atoms with Gasteiger partial charge in [-0.05, 0) is 44.1 Å². The van der Waals surface area contributed by atoms with Crippen molar-refractivity contribution >= 4 is 11.6 Å². The highest BCUT2D eigenvalue weighted by atomic mass is 16.5. The number of pyridine rings is 1. The molecule has 25 heavy (non-hydrogen) atoms. The maximum absolute atomic E-state index is 12.9. The van der Waals surface area contributed by atoms with Crippen molar-refractivity contribution in [1.82, 2.24) is 4.98 Å². The number of amides is 1. The Bertz CT molecular complexity index is 532. The predicted molar refractivity (Wildman–Crippen MR) is 99.9 cm³/mol. The lowest BCUT2D eigenvalue weighted by Gasteiger charge is -2.38. The number of rotatable bonds is 9. The molecule has 0 aliphatic heterocycles. The Morgan fingerprint density at radius 1 is 1.32 bits per heavy atom. The van der Waals surface area contributed by atoms with Crippen molar-refractivity contribution in [3.8, 4) is 5.88 Å². The summed E-state index contributed by atoms with van der Waals surface area (Å²) >= 11 is 0. The second-order valence-corrected chi connectivity index (χ2v) is 7.09. The molecule has 0 spiro atoms. The van der Waals surface area contributed by atoms with E-state index in [9.17, 15) is 4.79 Å². The van der Waals surface area contributed by atoms with Crippen LogP contribution >= 0.6 is 0 Å². The first-order valence-electron chi connectivity index (χ1n) is 9.64. The van der Waals surface area contributed by atoms with Gasteiger partial charge < -0.3 is 14.8 Å². The monoisotopic (exact) mass is 348 g/mol. The SMILES string of the molecule is CCCCOc1ccc(NC(=O)C2(OCCC)CCCC(C)C2)cn1. The Hall–Kier alpha value is -1.62. The molecule has 1 aliphatic carbocycles. The number of aromatic nitrogens is 1. The van der Waals surface area contributed by atoms with Crippen LogP contribution in [0.2, 0.25) is 0 Å². The van der Waals surface area contributed by atoms with Crippen molar-refractivity contribution in [2.24, 2.45) is 5.92 Å². The summed E-state index contributed by atoms with van der Waals surface area (Å²) in [6.07, 6.45) is 8.42. The molecule has 1 saturated carbocycles. The van der Waals surface area contributed by atoms with Crippen LogP contribution in [0.5, 0.6) is 5.88 Å². The van der Waals surface area contributed by atoms with E-state index in [0.717, 1.165) is 44.9 Å². The summed E-state index contributed by atoms with van der Waals surface area (Å²) in [6.45, 7) is 7.67. The van der Waals surface area contributed by atoms with E-state index in [0.29, 0.717) is 30.7 Å². The van der Waals surface area contributed by atoms with Crippen LogP contribution in [-0.4, -0.2) is 29.7 Å². The minimum Gasteiger partial charge on any atom is -0.478 e. The molecule has 2 atom stereocenters. The van der Waals surface area contributed by atoms with Crippen molar-refractivity contribution in [1.29, 1.82) is 0 Å². The molecule has 0 bridgehead atoms. The Kier molecular flexibility index (Phi) is 7.69. The minimum absolute atomic E-state index is 0.0473. The Morgan fingerprint density at radius 3 is 2.80 bits per heavy atom. The van der Waals surface area contributed by atoms with Gasteiger partial charge in [0.1, 0.15) is 5.60 Å². The van der Waals surface area contributed by atoms with Crippen molar-refractivity contribution in [2.75, 3.05) is 18.5 Å². The zero-order valence-electron chi connectivity index (χ0n) is 15.8. The number of hydrogen-bond donors (Lipinski definition) is 1. The van der Waals surface area contributed by atoms with Crippen molar-refractivity contribution in [2.45, 2.75) is 71.3 Å². The van der Waals surface area contributed by atoms with Crippen LogP contribution in [0.3, 0.4) is 0 Å². The molecule has 1 N–H and O–H groups in total. The van der Waals surface area contributed by atoms with Crippen LogP contribution in [0.15, 0.2) is 18.3 Å². The molecule has 5 heteroatoms. The van der Waals surface area contributed by atoms with Gasteiger partial charge in [0.15, 0.2) is 0 Å². The molecule has 0 saturated heterocycles. The third kappa shape index (κ3) is 5.70. The van der Waals surface area contributed by atoms with Crippen LogP contribution in [0, 0.1) is 5.92 Å². The Balaban J connectivity index is 1.99. The van der Waals surface area contributed by atoms with Crippen LogP contribution in [-0.2, 0) is 9.53 Å². The van der Waals surface area contributed by atoms with E-state index in [1.165, 1.54) is 0 Å². The van der Waals surface area contributed by atoms with Crippen LogP contribution in [0.1, 0.15) is 65.7 Å². The van der Waals surface area contributed by atoms with Gasteiger partial charge in [-0.2, -0.15) is 0 Å². The predicted octanol–water partition coefficient (Wildman–Crippen LogP) is 4.57. The highest BCUT2D eigenvalue weighted by Gasteiger charge is 2.42. The minimum atomic E-state index is -0.704. The van der Waals surface area contributed by atoms with Gasteiger partial charge in [0.2, 0.25) is 5.88 Å². The van der Waals surface area contributed by atoms with Crippen molar-refractivity contribution < 1.29 is 14.3 Å². The number of carbonyl (C=O) groups is 1. The summed E-state index contributed by atoms with van der Waals surface area (Å²) in [5.41, 5.74) is -0.0187. The van der Waals surface area contributed by atoms with Crippen LogP contribution in [0.25, 0.3) is 0 Å². The van der Waals surface area contributed by atoms with Gasteiger partial charge in [0.05, 0.1) is 18.5 Å². The maximum Gasteiger partial charge on any atom is 0.256 e. The van der Waals surface area contributed by atoms with E-state index >= 15 is 0 Å². The molecule has 1 aromatic heterocycles. The molecule has 0 aromatic carbocycles. The molecule has 140 valence electrons. The van der Waals surface area contributed by atoms with Gasteiger partial charge in [0, 0.05) is 12.7 Å². The molecule has 0 radical (unpaired) electrons. The van der Waals surface area contributed by atoms with E-state index in [2.05, 4.69) is 31.1 Å². The fourth-order valence-electron chi connectivity index (χ4n) is 3.31. The lowest BCUT2D eigenvalue weighted by atomic mass is 9.78. The maximum atomic E-state index is 12.9. The van der Waals surface area contributed by atoms with Gasteiger partial charge in [-0.25, -0.2) is 4.98 Å². The quantitative estimate of drug-likeness (QED) is 0.664. The molecular formula is C20H32N2O3. The second-order valence-electron chi connectivity index (χ2n) is 7.09. The van der Waals surface area contributed by atoms with Crippen molar-refractivity contribution in [3.63, 3.8) is 0 Å². The smallest absolute Gasteiger partial charge is 0.256 e. The molecule has 1 fully saturated rings. The lowest BCUT2D eigenvalue weighted by molar-refractivity contribution is -0.148. The highest BCUT2D eigenvalue weighted by molar-refractivity contribution is 5.97. The van der Waals surface area contributed by atoms with E-state index in [4.69, 9.17) is 9.47 Å². The first-order chi connectivity index (χ1) is 12.1. The van der Waals surface area contributed by atoms with Gasteiger partial charge >= 0.3 is 0 Å². The summed E-state index contributed by atoms with van der Waals surface area (Å²) in [5, 5.41) is 2.99. The summed E-state index contributed by atoms with van der Waals surface area (Å²) < 4.78 is 11.6. The van der Waals surface area contributed by atoms with Crippen LogP contribution < -0.4 is 10.1 Å². The fourth-order valence-corrected chi connectivity index (χ4v) is 3.31. The zero-order chi connectivity index (χ0) is 18.1. The molecule has 1 aliphatic rings. The van der Waals surface area contributed by atoms with Crippen LogP contribution in [0.4, 0.5) is 5.69 Å². The van der Waals surface area contributed by atoms with Gasteiger partial charge in [-0.3, -0.25) is 4.79 Å². The third-order valence-corrected chi connectivity index (χ3v) is 4.69. The van der Waals surface area contributed by atoms with Gasteiger partial charge in [-0.15, -0.1) is 0 Å². The van der Waals surface area contributed by atoms with E-state index < -0.39 is 5.60 Å². The first kappa shape index (κ1) is 19.7. The number of unbranched alkanes of at least 4 members (excludes halogenated alkanes) is 1. The number of ether oxygens (including phenoxy) is 2. The standard InChI is InChI=1S/C20H32N2O3/c1-4-6-13-24-18-10-9-17(15-21-18)22-19(23)20(25-12-5-2)11-7-8-16(3)14-20/h9-10,15-16H,4-8,11-14H2,1-3H3,(H,22,23). The van der Waals surface area contributed by atoms with E-state index in [-0.39, 0.29) is 5.91 Å². The third-order valence-electron chi connectivity index (χ3n) is 4.69. The first-order valence-corrected chi connectivity index (χ1v) is 9.64. The number of hydrogen-bond acceptors (Lipinski definition) is 4. The number of carbonyl (C=O) groups excluding carboxylic acids is 1. The molecule has 5 nitrogen and oxygen atoms in total. The largest absolute Gasteiger partial charge is 0.478 e. The molecular weight excluding hydrogens is 316 g/mol. The molecule has 2 rings (SSSR count). The summed E-state index contributed by atoms with van der Waals surface area (Å²) in [5.74, 6) is 1.05. The fraction of sp³-hybridized carbons (Fsp3) is 0.700. The van der Waals surface area contributed by atoms with Gasteiger partial charge in [0.25, 0.3) is 5.91 Å². The normalized spacial score (nSPS) is 23.2. The van der Waals surface area contributed by atoms with E-state index in [1.807, 2.05) is 6.07 Å². The summed E-state index contributed by atoms with van der Waals surface area (Å²) in [6, 6.07) is 3.64.